The van der Waals surface area contributed by atoms with E-state index in [1.54, 1.807) is 6.92 Å². The van der Waals surface area contributed by atoms with Gasteiger partial charge in [0.2, 0.25) is 0 Å². The SMILES string of the molecule is Cc1cc(C(=O)C2CCCCCCC2)c(F)cc1F. The van der Waals surface area contributed by atoms with Crippen molar-refractivity contribution in [3.05, 3.63) is 34.9 Å². The lowest BCUT2D eigenvalue weighted by molar-refractivity contribution is 0.0894. The molecule has 0 aromatic heterocycles. The van der Waals surface area contributed by atoms with Gasteiger partial charge in [-0.1, -0.05) is 32.1 Å². The minimum atomic E-state index is -0.727. The molecule has 2 rings (SSSR count). The molecular formula is C16H20F2O. The van der Waals surface area contributed by atoms with Gasteiger partial charge in [0.05, 0.1) is 5.56 Å². The Morgan fingerprint density at radius 1 is 1.00 bits per heavy atom. The summed E-state index contributed by atoms with van der Waals surface area (Å²) in [6, 6.07) is 2.18. The van der Waals surface area contributed by atoms with Crippen LogP contribution in [0.4, 0.5) is 8.78 Å². The van der Waals surface area contributed by atoms with Gasteiger partial charge in [-0.15, -0.1) is 0 Å². The van der Waals surface area contributed by atoms with E-state index in [-0.39, 0.29) is 17.3 Å². The lowest BCUT2D eigenvalue weighted by Crippen LogP contribution is -2.18. The molecular weight excluding hydrogens is 246 g/mol. The van der Waals surface area contributed by atoms with Gasteiger partial charge in [-0.2, -0.15) is 0 Å². The number of halogens is 2. The first-order valence-electron chi connectivity index (χ1n) is 7.09. The monoisotopic (exact) mass is 266 g/mol. The van der Waals surface area contributed by atoms with Crippen LogP contribution < -0.4 is 0 Å². The number of hydrogen-bond donors (Lipinski definition) is 0. The fourth-order valence-corrected chi connectivity index (χ4v) is 2.78. The van der Waals surface area contributed by atoms with Crippen LogP contribution in [0.3, 0.4) is 0 Å². The Labute approximate surface area is 113 Å². The van der Waals surface area contributed by atoms with Crippen molar-refractivity contribution in [3.63, 3.8) is 0 Å². The Hall–Kier alpha value is -1.25. The molecule has 0 radical (unpaired) electrons. The van der Waals surface area contributed by atoms with E-state index in [0.717, 1.165) is 44.6 Å². The summed E-state index contributed by atoms with van der Waals surface area (Å²) in [4.78, 5) is 12.4. The van der Waals surface area contributed by atoms with Crippen LogP contribution >= 0.6 is 0 Å². The third-order valence-electron chi connectivity index (χ3n) is 3.99. The van der Waals surface area contributed by atoms with Gasteiger partial charge in [0.1, 0.15) is 11.6 Å². The number of carbonyl (C=O) groups is 1. The summed E-state index contributed by atoms with van der Waals surface area (Å²) in [6.07, 6.45) is 7.23. The van der Waals surface area contributed by atoms with E-state index in [4.69, 9.17) is 0 Å². The predicted octanol–water partition coefficient (Wildman–Crippen LogP) is 4.82. The highest BCUT2D eigenvalue weighted by molar-refractivity contribution is 5.98. The standard InChI is InChI=1S/C16H20F2O/c1-11-9-13(15(18)10-14(11)17)16(19)12-7-5-3-2-4-6-8-12/h9-10,12H,2-8H2,1H3. The maximum absolute atomic E-state index is 13.8. The zero-order valence-electron chi connectivity index (χ0n) is 11.3. The number of benzene rings is 1. The van der Waals surface area contributed by atoms with Gasteiger partial charge in [-0.3, -0.25) is 4.79 Å². The zero-order chi connectivity index (χ0) is 13.8. The number of carbonyl (C=O) groups excluding carboxylic acids is 1. The highest BCUT2D eigenvalue weighted by atomic mass is 19.1. The van der Waals surface area contributed by atoms with E-state index in [9.17, 15) is 13.6 Å². The van der Waals surface area contributed by atoms with Crippen LogP contribution in [0, 0.1) is 24.5 Å². The normalized spacial score (nSPS) is 17.8. The number of ketones is 1. The number of Topliss-reactive ketones (excluding diaryl/α,β-unsaturated/α-hetero) is 1. The molecule has 0 unspecified atom stereocenters. The molecule has 19 heavy (non-hydrogen) atoms. The highest BCUT2D eigenvalue weighted by Crippen LogP contribution is 2.27. The molecule has 1 saturated carbocycles. The van der Waals surface area contributed by atoms with Crippen LogP contribution in [0.2, 0.25) is 0 Å². The van der Waals surface area contributed by atoms with Crippen LogP contribution in [-0.4, -0.2) is 5.78 Å². The number of rotatable bonds is 2. The molecule has 0 spiro atoms. The molecule has 0 saturated heterocycles. The largest absolute Gasteiger partial charge is 0.294 e. The Bertz CT molecular complexity index is 460. The molecule has 3 heteroatoms. The Kier molecular flexibility index (Phi) is 4.67. The summed E-state index contributed by atoms with van der Waals surface area (Å²) in [5.41, 5.74) is 0.389. The second-order valence-corrected chi connectivity index (χ2v) is 5.49. The molecule has 1 aliphatic carbocycles. The summed E-state index contributed by atoms with van der Waals surface area (Å²) in [6.45, 7) is 1.56. The van der Waals surface area contributed by atoms with Gasteiger partial charge >= 0.3 is 0 Å². The third-order valence-corrected chi connectivity index (χ3v) is 3.99. The second kappa shape index (κ2) is 6.27. The van der Waals surface area contributed by atoms with Crippen molar-refractivity contribution in [2.75, 3.05) is 0 Å². The van der Waals surface area contributed by atoms with Crippen molar-refractivity contribution in [1.29, 1.82) is 0 Å². The van der Waals surface area contributed by atoms with Crippen molar-refractivity contribution >= 4 is 5.78 Å². The first-order valence-corrected chi connectivity index (χ1v) is 7.09. The molecule has 0 bridgehead atoms. The topological polar surface area (TPSA) is 17.1 Å². The van der Waals surface area contributed by atoms with Crippen LogP contribution in [0.1, 0.15) is 60.9 Å². The van der Waals surface area contributed by atoms with Gasteiger partial charge in [0.25, 0.3) is 0 Å². The van der Waals surface area contributed by atoms with Crippen molar-refractivity contribution in [1.82, 2.24) is 0 Å². The Morgan fingerprint density at radius 2 is 1.58 bits per heavy atom. The summed E-state index contributed by atoms with van der Waals surface area (Å²) >= 11 is 0. The van der Waals surface area contributed by atoms with Gasteiger partial charge in [0.15, 0.2) is 5.78 Å². The van der Waals surface area contributed by atoms with E-state index in [0.29, 0.717) is 5.56 Å². The van der Waals surface area contributed by atoms with Gasteiger partial charge in [-0.25, -0.2) is 8.78 Å². The molecule has 1 aromatic rings. The first kappa shape index (κ1) is 14.2. The molecule has 1 fully saturated rings. The summed E-state index contributed by atoms with van der Waals surface area (Å²) < 4.78 is 27.0. The van der Waals surface area contributed by atoms with Crippen molar-refractivity contribution < 1.29 is 13.6 Å². The van der Waals surface area contributed by atoms with Gasteiger partial charge < -0.3 is 0 Å². The minimum Gasteiger partial charge on any atom is -0.294 e. The summed E-state index contributed by atoms with van der Waals surface area (Å²) in [7, 11) is 0. The Morgan fingerprint density at radius 3 is 2.21 bits per heavy atom. The maximum atomic E-state index is 13.8. The van der Waals surface area contributed by atoms with Crippen molar-refractivity contribution in [3.8, 4) is 0 Å². The van der Waals surface area contributed by atoms with Gasteiger partial charge in [-0.05, 0) is 31.4 Å². The number of aryl methyl sites for hydroxylation is 1. The zero-order valence-corrected chi connectivity index (χ0v) is 11.3. The molecule has 1 aliphatic rings. The average Bonchev–Trinajstić information content (AvgIpc) is 2.32. The number of hydrogen-bond acceptors (Lipinski definition) is 1. The first-order chi connectivity index (χ1) is 9.09. The maximum Gasteiger partial charge on any atom is 0.168 e. The quantitative estimate of drug-likeness (QED) is 0.702. The van der Waals surface area contributed by atoms with Crippen LogP contribution in [0.15, 0.2) is 12.1 Å². The summed E-state index contributed by atoms with van der Waals surface area (Å²) in [5.74, 6) is -1.57. The van der Waals surface area contributed by atoms with Crippen LogP contribution in [0.25, 0.3) is 0 Å². The van der Waals surface area contributed by atoms with Crippen LogP contribution in [-0.2, 0) is 0 Å². The fraction of sp³-hybridized carbons (Fsp3) is 0.562. The lowest BCUT2D eigenvalue weighted by atomic mass is 9.85. The average molecular weight is 266 g/mol. The fourth-order valence-electron chi connectivity index (χ4n) is 2.78. The molecule has 0 N–H and O–H groups in total. The molecule has 0 atom stereocenters. The third kappa shape index (κ3) is 3.40. The van der Waals surface area contributed by atoms with E-state index in [1.165, 1.54) is 12.5 Å². The van der Waals surface area contributed by atoms with E-state index in [1.807, 2.05) is 0 Å². The molecule has 0 amide bonds. The second-order valence-electron chi connectivity index (χ2n) is 5.49. The van der Waals surface area contributed by atoms with Crippen molar-refractivity contribution in [2.24, 2.45) is 5.92 Å². The minimum absolute atomic E-state index is 0.0597. The highest BCUT2D eigenvalue weighted by Gasteiger charge is 2.24. The van der Waals surface area contributed by atoms with E-state index < -0.39 is 11.6 Å². The summed E-state index contributed by atoms with van der Waals surface area (Å²) in [5, 5.41) is 0. The van der Waals surface area contributed by atoms with E-state index in [2.05, 4.69) is 0 Å². The van der Waals surface area contributed by atoms with Crippen LogP contribution in [0.5, 0.6) is 0 Å². The van der Waals surface area contributed by atoms with Gasteiger partial charge in [0, 0.05) is 12.0 Å². The molecule has 1 aromatic carbocycles. The predicted molar refractivity (Wildman–Crippen MR) is 71.2 cm³/mol. The Balaban J connectivity index is 2.20. The smallest absolute Gasteiger partial charge is 0.168 e. The molecule has 1 nitrogen and oxygen atoms in total. The van der Waals surface area contributed by atoms with Crippen molar-refractivity contribution in [2.45, 2.75) is 51.9 Å². The lowest BCUT2D eigenvalue weighted by Gasteiger charge is -2.19. The molecule has 0 aliphatic heterocycles. The van der Waals surface area contributed by atoms with E-state index >= 15 is 0 Å². The molecule has 104 valence electrons. The molecule has 0 heterocycles.